The predicted octanol–water partition coefficient (Wildman–Crippen LogP) is 3.58. The third-order valence-electron chi connectivity index (χ3n) is 2.23. The van der Waals surface area contributed by atoms with Gasteiger partial charge < -0.3 is 0 Å². The summed E-state index contributed by atoms with van der Waals surface area (Å²) in [6, 6.07) is 3.88. The van der Waals surface area contributed by atoms with Crippen molar-refractivity contribution >= 4 is 43.2 Å². The summed E-state index contributed by atoms with van der Waals surface area (Å²) in [7, 11) is -4.06. The molecule has 0 aliphatic heterocycles. The van der Waals surface area contributed by atoms with Crippen LogP contribution in [0.25, 0.3) is 0 Å². The number of anilines is 1. The molecule has 0 aliphatic rings. The van der Waals surface area contributed by atoms with Crippen LogP contribution < -0.4 is 4.72 Å². The normalized spacial score (nSPS) is 11.4. The summed E-state index contributed by atoms with van der Waals surface area (Å²) in [6.45, 7) is 0. The molecule has 0 bridgehead atoms. The van der Waals surface area contributed by atoms with Crippen LogP contribution in [-0.4, -0.2) is 13.4 Å². The summed E-state index contributed by atoms with van der Waals surface area (Å²) in [5, 5.41) is -0.233. The Kier molecular flexibility index (Phi) is 4.26. The van der Waals surface area contributed by atoms with Crippen LogP contribution in [0.1, 0.15) is 0 Å². The Labute approximate surface area is 127 Å². The van der Waals surface area contributed by atoms with Crippen LogP contribution in [0.2, 0.25) is 5.15 Å². The molecule has 1 aromatic heterocycles. The Balaban J connectivity index is 2.40. The SMILES string of the molecule is O=S(=O)(Nc1ccc(F)c(F)c1)c1cc(Br)cnc1Cl. The Hall–Kier alpha value is -1.25. The van der Waals surface area contributed by atoms with Gasteiger partial charge in [-0.3, -0.25) is 4.72 Å². The van der Waals surface area contributed by atoms with Gasteiger partial charge in [-0.2, -0.15) is 0 Å². The van der Waals surface area contributed by atoms with Crippen LogP contribution in [0.5, 0.6) is 0 Å². The predicted molar refractivity (Wildman–Crippen MR) is 74.1 cm³/mol. The van der Waals surface area contributed by atoms with E-state index in [2.05, 4.69) is 25.6 Å². The van der Waals surface area contributed by atoms with Crippen LogP contribution in [0.4, 0.5) is 14.5 Å². The molecule has 0 spiro atoms. The van der Waals surface area contributed by atoms with Crippen LogP contribution >= 0.6 is 27.5 Å². The first kappa shape index (κ1) is 15.1. The molecule has 20 heavy (non-hydrogen) atoms. The first-order chi connectivity index (χ1) is 9.29. The highest BCUT2D eigenvalue weighted by Crippen LogP contribution is 2.25. The molecule has 0 aliphatic carbocycles. The largest absolute Gasteiger partial charge is 0.279 e. The minimum atomic E-state index is -4.06. The molecule has 1 heterocycles. The van der Waals surface area contributed by atoms with Crippen molar-refractivity contribution in [1.82, 2.24) is 4.98 Å². The molecule has 9 heteroatoms. The smallest absolute Gasteiger partial charge is 0.265 e. The standard InChI is InChI=1S/C11H6BrClF2N2O2S/c12-6-3-10(11(13)16-5-6)20(18,19)17-7-1-2-8(14)9(15)4-7/h1-5,17H. The molecule has 1 aromatic carbocycles. The molecule has 0 saturated carbocycles. The summed E-state index contributed by atoms with van der Waals surface area (Å²) < 4.78 is 52.5. The van der Waals surface area contributed by atoms with Gasteiger partial charge >= 0.3 is 0 Å². The lowest BCUT2D eigenvalue weighted by Gasteiger charge is -2.09. The van der Waals surface area contributed by atoms with E-state index in [1.165, 1.54) is 12.3 Å². The number of pyridine rings is 1. The maximum atomic E-state index is 13.0. The fraction of sp³-hybridized carbons (Fsp3) is 0. The maximum absolute atomic E-state index is 13.0. The number of sulfonamides is 1. The molecule has 106 valence electrons. The number of hydrogen-bond acceptors (Lipinski definition) is 3. The zero-order valence-corrected chi connectivity index (χ0v) is 12.7. The van der Waals surface area contributed by atoms with Crippen molar-refractivity contribution in [2.45, 2.75) is 4.90 Å². The van der Waals surface area contributed by atoms with E-state index < -0.39 is 21.7 Å². The van der Waals surface area contributed by atoms with Crippen LogP contribution in [0.15, 0.2) is 39.8 Å². The highest BCUT2D eigenvalue weighted by molar-refractivity contribution is 9.10. The van der Waals surface area contributed by atoms with E-state index in [1.807, 2.05) is 0 Å². The van der Waals surface area contributed by atoms with Crippen molar-refractivity contribution in [3.05, 3.63) is 51.7 Å². The molecule has 0 atom stereocenters. The van der Waals surface area contributed by atoms with Crippen molar-refractivity contribution in [1.29, 1.82) is 0 Å². The lowest BCUT2D eigenvalue weighted by molar-refractivity contribution is 0.509. The Morgan fingerprint density at radius 3 is 2.55 bits per heavy atom. The van der Waals surface area contributed by atoms with E-state index in [4.69, 9.17) is 11.6 Å². The molecule has 2 rings (SSSR count). The lowest BCUT2D eigenvalue weighted by Crippen LogP contribution is -2.14. The van der Waals surface area contributed by atoms with Gasteiger partial charge in [0.05, 0.1) is 5.69 Å². The summed E-state index contributed by atoms with van der Waals surface area (Å²) in [4.78, 5) is 3.40. The van der Waals surface area contributed by atoms with Gasteiger partial charge in [0, 0.05) is 16.7 Å². The molecular formula is C11H6BrClF2N2O2S. The monoisotopic (exact) mass is 382 g/mol. The Morgan fingerprint density at radius 2 is 1.90 bits per heavy atom. The Bertz CT molecular complexity index is 771. The van der Waals surface area contributed by atoms with Gasteiger partial charge in [0.2, 0.25) is 0 Å². The lowest BCUT2D eigenvalue weighted by atomic mass is 10.3. The minimum absolute atomic E-state index is 0.125. The van der Waals surface area contributed by atoms with E-state index in [-0.39, 0.29) is 15.7 Å². The number of nitrogens with one attached hydrogen (secondary N) is 1. The first-order valence-electron chi connectivity index (χ1n) is 5.08. The second-order valence-electron chi connectivity index (χ2n) is 3.68. The minimum Gasteiger partial charge on any atom is -0.279 e. The summed E-state index contributed by atoms with van der Waals surface area (Å²) >= 11 is 8.79. The first-order valence-corrected chi connectivity index (χ1v) is 7.74. The zero-order valence-electron chi connectivity index (χ0n) is 9.57. The zero-order chi connectivity index (χ0) is 14.9. The molecular weight excluding hydrogens is 378 g/mol. The fourth-order valence-corrected chi connectivity index (χ4v) is 3.36. The highest BCUT2D eigenvalue weighted by atomic mass is 79.9. The van der Waals surface area contributed by atoms with Crippen molar-refractivity contribution in [3.8, 4) is 0 Å². The summed E-state index contributed by atoms with van der Waals surface area (Å²) in [5.74, 6) is -2.24. The fourth-order valence-electron chi connectivity index (χ4n) is 1.36. The molecule has 0 amide bonds. The number of hydrogen-bond donors (Lipinski definition) is 1. The highest BCUT2D eigenvalue weighted by Gasteiger charge is 2.20. The molecule has 0 radical (unpaired) electrons. The molecule has 0 saturated heterocycles. The maximum Gasteiger partial charge on any atom is 0.265 e. The van der Waals surface area contributed by atoms with E-state index in [1.54, 1.807) is 0 Å². The Morgan fingerprint density at radius 1 is 1.20 bits per heavy atom. The van der Waals surface area contributed by atoms with Gasteiger partial charge in [-0.15, -0.1) is 0 Å². The van der Waals surface area contributed by atoms with Crippen molar-refractivity contribution < 1.29 is 17.2 Å². The topological polar surface area (TPSA) is 59.1 Å². The molecule has 4 nitrogen and oxygen atoms in total. The molecule has 0 unspecified atom stereocenters. The molecule has 0 fully saturated rings. The van der Waals surface area contributed by atoms with Gasteiger partial charge in [0.15, 0.2) is 11.6 Å². The van der Waals surface area contributed by atoms with E-state index >= 15 is 0 Å². The average molecular weight is 384 g/mol. The van der Waals surface area contributed by atoms with Gasteiger partial charge in [0.25, 0.3) is 10.0 Å². The van der Waals surface area contributed by atoms with Gasteiger partial charge in [-0.25, -0.2) is 22.2 Å². The van der Waals surface area contributed by atoms with Gasteiger partial charge in [-0.1, -0.05) is 11.6 Å². The van der Waals surface area contributed by atoms with E-state index in [9.17, 15) is 17.2 Å². The third kappa shape index (κ3) is 3.25. The van der Waals surface area contributed by atoms with E-state index in [0.717, 1.165) is 18.2 Å². The van der Waals surface area contributed by atoms with Crippen LogP contribution in [0, 0.1) is 11.6 Å². The second-order valence-corrected chi connectivity index (χ2v) is 6.60. The quantitative estimate of drug-likeness (QED) is 0.824. The number of benzene rings is 1. The third-order valence-corrected chi connectivity index (χ3v) is 4.48. The molecule has 2 aromatic rings. The number of rotatable bonds is 3. The second kappa shape index (κ2) is 5.63. The van der Waals surface area contributed by atoms with Crippen LogP contribution in [-0.2, 0) is 10.0 Å². The summed E-state index contributed by atoms with van der Waals surface area (Å²) in [6.07, 6.45) is 1.33. The van der Waals surface area contributed by atoms with Crippen molar-refractivity contribution in [2.75, 3.05) is 4.72 Å². The van der Waals surface area contributed by atoms with Crippen molar-refractivity contribution in [3.63, 3.8) is 0 Å². The number of nitrogens with zero attached hydrogens (tertiary/aromatic N) is 1. The number of halogens is 4. The van der Waals surface area contributed by atoms with Crippen LogP contribution in [0.3, 0.4) is 0 Å². The van der Waals surface area contributed by atoms with Gasteiger partial charge in [-0.05, 0) is 34.1 Å². The average Bonchev–Trinajstić information content (AvgIpc) is 2.36. The number of aromatic nitrogens is 1. The summed E-state index contributed by atoms with van der Waals surface area (Å²) in [5.41, 5.74) is -0.125. The van der Waals surface area contributed by atoms with E-state index in [0.29, 0.717) is 4.47 Å². The molecule has 1 N–H and O–H groups in total. The van der Waals surface area contributed by atoms with Crippen molar-refractivity contribution in [2.24, 2.45) is 0 Å². The van der Waals surface area contributed by atoms with Gasteiger partial charge in [0.1, 0.15) is 10.0 Å².